The molecule has 0 saturated carbocycles. The lowest BCUT2D eigenvalue weighted by Crippen LogP contribution is -2.34. The number of benzene rings is 1. The molecule has 4 heteroatoms. The summed E-state index contributed by atoms with van der Waals surface area (Å²) >= 11 is 0. The molecule has 0 bridgehead atoms. The number of primary amides is 1. The minimum absolute atomic E-state index is 0.289. The van der Waals surface area contributed by atoms with Crippen molar-refractivity contribution < 1.29 is 9.53 Å². The quantitative estimate of drug-likeness (QED) is 0.869. The number of carbonyl (C=O) groups excluding carboxylic acids is 1. The Labute approximate surface area is 120 Å². The Bertz CT molecular complexity index is 442. The van der Waals surface area contributed by atoms with Gasteiger partial charge in [0.1, 0.15) is 6.10 Å². The third-order valence-electron chi connectivity index (χ3n) is 3.96. The predicted octanol–water partition coefficient (Wildman–Crippen LogP) is 2.92. The molecule has 1 aromatic carbocycles. The summed E-state index contributed by atoms with van der Waals surface area (Å²) in [5.41, 5.74) is 7.40. The first kappa shape index (κ1) is 14.9. The first-order chi connectivity index (χ1) is 9.66. The number of hydrogen-bond donors (Lipinski definition) is 2. The second kappa shape index (κ2) is 7.29. The maximum atomic E-state index is 10.9. The first-order valence-corrected chi connectivity index (χ1v) is 7.44. The number of amides is 1. The van der Waals surface area contributed by atoms with Crippen LogP contribution in [0.5, 0.6) is 0 Å². The van der Waals surface area contributed by atoms with Gasteiger partial charge in [-0.1, -0.05) is 30.7 Å². The van der Waals surface area contributed by atoms with Crippen molar-refractivity contribution >= 4 is 6.09 Å². The monoisotopic (exact) mass is 276 g/mol. The molecule has 2 atom stereocenters. The third-order valence-corrected chi connectivity index (χ3v) is 3.96. The minimum Gasteiger partial charge on any atom is -0.442 e. The van der Waals surface area contributed by atoms with E-state index in [-0.39, 0.29) is 6.10 Å². The minimum atomic E-state index is -0.721. The summed E-state index contributed by atoms with van der Waals surface area (Å²) in [5.74, 6) is 0. The fourth-order valence-electron chi connectivity index (χ4n) is 2.90. The highest BCUT2D eigenvalue weighted by Crippen LogP contribution is 2.23. The Morgan fingerprint density at radius 3 is 2.95 bits per heavy atom. The predicted molar refractivity (Wildman–Crippen MR) is 79.5 cm³/mol. The molecule has 1 aliphatic heterocycles. The lowest BCUT2D eigenvalue weighted by atomic mass is 9.94. The van der Waals surface area contributed by atoms with Crippen LogP contribution in [0.1, 0.15) is 49.8 Å². The second-order valence-corrected chi connectivity index (χ2v) is 5.46. The molecule has 0 aliphatic carbocycles. The smallest absolute Gasteiger partial charge is 0.405 e. The third kappa shape index (κ3) is 4.23. The van der Waals surface area contributed by atoms with Crippen LogP contribution in [0.15, 0.2) is 24.3 Å². The van der Waals surface area contributed by atoms with Crippen molar-refractivity contribution in [2.24, 2.45) is 5.73 Å². The molecule has 1 heterocycles. The van der Waals surface area contributed by atoms with E-state index in [0.717, 1.165) is 24.9 Å². The molecule has 2 unspecified atom stereocenters. The van der Waals surface area contributed by atoms with E-state index in [9.17, 15) is 4.79 Å². The van der Waals surface area contributed by atoms with Crippen molar-refractivity contribution in [3.05, 3.63) is 35.4 Å². The van der Waals surface area contributed by atoms with Gasteiger partial charge in [0.05, 0.1) is 0 Å². The average molecular weight is 276 g/mol. The van der Waals surface area contributed by atoms with Gasteiger partial charge in [0, 0.05) is 6.04 Å². The SMILES string of the molecule is CC(OC(N)=O)c1ccccc1CCC1CCCCN1. The van der Waals surface area contributed by atoms with Crippen LogP contribution >= 0.6 is 0 Å². The Morgan fingerprint density at radius 2 is 2.25 bits per heavy atom. The number of rotatable bonds is 5. The highest BCUT2D eigenvalue weighted by atomic mass is 16.6. The van der Waals surface area contributed by atoms with Gasteiger partial charge >= 0.3 is 6.09 Å². The second-order valence-electron chi connectivity index (χ2n) is 5.46. The molecule has 0 aromatic heterocycles. The molecular formula is C16H24N2O2. The normalized spacial score (nSPS) is 20.4. The van der Waals surface area contributed by atoms with E-state index in [1.807, 2.05) is 25.1 Å². The summed E-state index contributed by atoms with van der Waals surface area (Å²) in [5, 5.41) is 3.56. The van der Waals surface area contributed by atoms with Crippen molar-refractivity contribution in [3.8, 4) is 0 Å². The van der Waals surface area contributed by atoms with E-state index in [2.05, 4.69) is 11.4 Å². The summed E-state index contributed by atoms with van der Waals surface area (Å²) in [6.45, 7) is 3.00. The van der Waals surface area contributed by atoms with Crippen LogP contribution in [-0.2, 0) is 11.2 Å². The molecule has 4 nitrogen and oxygen atoms in total. The Balaban J connectivity index is 1.97. The molecular weight excluding hydrogens is 252 g/mol. The highest BCUT2D eigenvalue weighted by Gasteiger charge is 2.16. The van der Waals surface area contributed by atoms with Crippen LogP contribution in [0.2, 0.25) is 0 Å². The van der Waals surface area contributed by atoms with Gasteiger partial charge in [0.15, 0.2) is 0 Å². The van der Waals surface area contributed by atoms with Gasteiger partial charge in [-0.05, 0) is 50.3 Å². The van der Waals surface area contributed by atoms with Crippen LogP contribution in [0, 0.1) is 0 Å². The number of piperidine rings is 1. The summed E-state index contributed by atoms with van der Waals surface area (Å²) in [4.78, 5) is 10.9. The van der Waals surface area contributed by atoms with Gasteiger partial charge in [0.2, 0.25) is 0 Å². The van der Waals surface area contributed by atoms with Crippen molar-refractivity contribution in [2.75, 3.05) is 6.54 Å². The molecule has 0 radical (unpaired) electrons. The molecule has 1 aliphatic rings. The number of ether oxygens (including phenoxy) is 1. The van der Waals surface area contributed by atoms with E-state index in [1.54, 1.807) is 0 Å². The largest absolute Gasteiger partial charge is 0.442 e. The van der Waals surface area contributed by atoms with Crippen LogP contribution in [0.4, 0.5) is 4.79 Å². The van der Waals surface area contributed by atoms with E-state index in [1.165, 1.54) is 24.8 Å². The summed E-state index contributed by atoms with van der Waals surface area (Å²) < 4.78 is 5.09. The zero-order chi connectivity index (χ0) is 14.4. The summed E-state index contributed by atoms with van der Waals surface area (Å²) in [6.07, 6.45) is 4.98. The number of nitrogens with one attached hydrogen (secondary N) is 1. The van der Waals surface area contributed by atoms with Crippen LogP contribution in [0.25, 0.3) is 0 Å². The van der Waals surface area contributed by atoms with Crippen molar-refractivity contribution in [1.82, 2.24) is 5.32 Å². The zero-order valence-corrected chi connectivity index (χ0v) is 12.1. The lowest BCUT2D eigenvalue weighted by molar-refractivity contribution is 0.116. The molecule has 2 rings (SSSR count). The molecule has 1 saturated heterocycles. The number of nitrogens with two attached hydrogens (primary N) is 1. The van der Waals surface area contributed by atoms with Crippen LogP contribution in [0.3, 0.4) is 0 Å². The Kier molecular flexibility index (Phi) is 5.41. The van der Waals surface area contributed by atoms with Gasteiger partial charge in [-0.15, -0.1) is 0 Å². The van der Waals surface area contributed by atoms with E-state index >= 15 is 0 Å². The number of aryl methyl sites for hydroxylation is 1. The molecule has 0 spiro atoms. The fourth-order valence-corrected chi connectivity index (χ4v) is 2.90. The molecule has 1 amide bonds. The Hall–Kier alpha value is -1.55. The van der Waals surface area contributed by atoms with Gasteiger partial charge in [0.25, 0.3) is 0 Å². The maximum Gasteiger partial charge on any atom is 0.405 e. The van der Waals surface area contributed by atoms with Gasteiger partial charge in [-0.25, -0.2) is 4.79 Å². The van der Waals surface area contributed by atoms with Crippen LogP contribution < -0.4 is 11.1 Å². The lowest BCUT2D eigenvalue weighted by Gasteiger charge is -2.24. The molecule has 3 N–H and O–H groups in total. The van der Waals surface area contributed by atoms with E-state index in [0.29, 0.717) is 6.04 Å². The summed E-state index contributed by atoms with van der Waals surface area (Å²) in [6, 6.07) is 8.74. The number of hydrogen-bond acceptors (Lipinski definition) is 3. The molecule has 110 valence electrons. The van der Waals surface area contributed by atoms with E-state index in [4.69, 9.17) is 10.5 Å². The number of carbonyl (C=O) groups is 1. The average Bonchev–Trinajstić information content (AvgIpc) is 2.46. The van der Waals surface area contributed by atoms with Gasteiger partial charge in [-0.2, -0.15) is 0 Å². The van der Waals surface area contributed by atoms with Crippen molar-refractivity contribution in [3.63, 3.8) is 0 Å². The van der Waals surface area contributed by atoms with Crippen molar-refractivity contribution in [1.29, 1.82) is 0 Å². The summed E-state index contributed by atoms with van der Waals surface area (Å²) in [7, 11) is 0. The first-order valence-electron chi connectivity index (χ1n) is 7.44. The van der Waals surface area contributed by atoms with Gasteiger partial charge in [-0.3, -0.25) is 0 Å². The molecule has 20 heavy (non-hydrogen) atoms. The van der Waals surface area contributed by atoms with E-state index < -0.39 is 6.09 Å². The Morgan fingerprint density at radius 1 is 1.45 bits per heavy atom. The van der Waals surface area contributed by atoms with Crippen molar-refractivity contribution in [2.45, 2.75) is 51.2 Å². The topological polar surface area (TPSA) is 64.3 Å². The van der Waals surface area contributed by atoms with Crippen LogP contribution in [-0.4, -0.2) is 18.7 Å². The fraction of sp³-hybridized carbons (Fsp3) is 0.562. The molecule has 1 aromatic rings. The standard InChI is InChI=1S/C16H24N2O2/c1-12(20-16(17)19)15-8-3-2-6-13(15)9-10-14-7-4-5-11-18-14/h2-3,6,8,12,14,18H,4-5,7,9-11H2,1H3,(H2,17,19). The molecule has 1 fully saturated rings. The highest BCUT2D eigenvalue weighted by molar-refractivity contribution is 5.65. The van der Waals surface area contributed by atoms with Gasteiger partial charge < -0.3 is 15.8 Å². The zero-order valence-electron chi connectivity index (χ0n) is 12.1. The maximum absolute atomic E-state index is 10.9.